The fraction of sp³-hybridized carbons (Fsp3) is 0.688. The summed E-state index contributed by atoms with van der Waals surface area (Å²) in [5, 5.41) is 18.2. The molecule has 0 bridgehead atoms. The van der Waals surface area contributed by atoms with Crippen LogP contribution in [0.25, 0.3) is 0 Å². The number of aromatic nitrogens is 2. The molecule has 108 valence electrons. The molecule has 0 N–H and O–H groups in total. The largest absolute Gasteiger partial charge is 0.357 e. The monoisotopic (exact) mass is 272 g/mol. The van der Waals surface area contributed by atoms with Crippen molar-refractivity contribution in [3.05, 3.63) is 16.8 Å². The smallest absolute Gasteiger partial charge is 0.169 e. The first kappa shape index (κ1) is 14.8. The first-order chi connectivity index (χ1) is 9.71. The molecule has 4 nitrogen and oxygen atoms in total. The molecule has 1 aromatic rings. The van der Waals surface area contributed by atoms with Gasteiger partial charge in [0.1, 0.15) is 11.6 Å². The van der Waals surface area contributed by atoms with E-state index in [2.05, 4.69) is 35.0 Å². The van der Waals surface area contributed by atoms with Crippen LogP contribution >= 0.6 is 0 Å². The predicted molar refractivity (Wildman–Crippen MR) is 80.7 cm³/mol. The van der Waals surface area contributed by atoms with Gasteiger partial charge in [0.05, 0.1) is 5.69 Å². The zero-order chi connectivity index (χ0) is 14.5. The van der Waals surface area contributed by atoms with Crippen molar-refractivity contribution in [2.45, 2.75) is 52.4 Å². The molecule has 0 unspecified atom stereocenters. The summed E-state index contributed by atoms with van der Waals surface area (Å²) in [4.78, 5) is 2.13. The second-order valence-electron chi connectivity index (χ2n) is 5.67. The molecule has 0 radical (unpaired) electrons. The van der Waals surface area contributed by atoms with Crippen molar-refractivity contribution >= 4 is 5.82 Å². The van der Waals surface area contributed by atoms with Crippen LogP contribution < -0.4 is 4.90 Å². The molecule has 0 amide bonds. The highest BCUT2D eigenvalue weighted by atomic mass is 15.2. The Hall–Kier alpha value is -1.63. The van der Waals surface area contributed by atoms with Gasteiger partial charge in [0.25, 0.3) is 0 Å². The number of nitriles is 1. The van der Waals surface area contributed by atoms with Crippen LogP contribution in [-0.4, -0.2) is 23.8 Å². The van der Waals surface area contributed by atoms with Gasteiger partial charge in [-0.3, -0.25) is 0 Å². The third-order valence-electron chi connectivity index (χ3n) is 4.31. The quantitative estimate of drug-likeness (QED) is 0.826. The van der Waals surface area contributed by atoms with Crippen LogP contribution in [0.3, 0.4) is 0 Å². The minimum Gasteiger partial charge on any atom is -0.357 e. The zero-order valence-corrected chi connectivity index (χ0v) is 12.8. The highest BCUT2D eigenvalue weighted by molar-refractivity contribution is 5.57. The van der Waals surface area contributed by atoms with E-state index in [0.29, 0.717) is 0 Å². The molecule has 4 heteroatoms. The van der Waals surface area contributed by atoms with Gasteiger partial charge >= 0.3 is 0 Å². The van der Waals surface area contributed by atoms with E-state index >= 15 is 0 Å². The first-order valence-corrected chi connectivity index (χ1v) is 7.70. The third kappa shape index (κ3) is 2.92. The summed E-state index contributed by atoms with van der Waals surface area (Å²) < 4.78 is 0. The second kappa shape index (κ2) is 6.69. The molecule has 1 saturated carbocycles. The lowest BCUT2D eigenvalue weighted by Gasteiger charge is -2.23. The van der Waals surface area contributed by atoms with Gasteiger partial charge in [0.2, 0.25) is 0 Å². The molecule has 0 aromatic carbocycles. The molecule has 1 aliphatic carbocycles. The van der Waals surface area contributed by atoms with Gasteiger partial charge in [-0.2, -0.15) is 10.4 Å². The SMILES string of the molecule is CCc1nnc(N(C)CC2CCCC2)c(C#N)c1CC. The molecule has 0 saturated heterocycles. The summed E-state index contributed by atoms with van der Waals surface area (Å²) >= 11 is 0. The fourth-order valence-electron chi connectivity index (χ4n) is 3.21. The Balaban J connectivity index is 2.28. The maximum absolute atomic E-state index is 9.52. The first-order valence-electron chi connectivity index (χ1n) is 7.70. The molecule has 2 rings (SSSR count). The Kier molecular flexibility index (Phi) is 4.94. The van der Waals surface area contributed by atoms with Crippen molar-refractivity contribution in [2.24, 2.45) is 5.92 Å². The maximum Gasteiger partial charge on any atom is 0.169 e. The van der Waals surface area contributed by atoms with E-state index in [-0.39, 0.29) is 0 Å². The molecule has 20 heavy (non-hydrogen) atoms. The average Bonchev–Trinajstić information content (AvgIpc) is 2.98. The minimum atomic E-state index is 0.722. The Labute approximate surface area is 121 Å². The predicted octanol–water partition coefficient (Wildman–Crippen LogP) is 3.10. The van der Waals surface area contributed by atoms with E-state index in [1.165, 1.54) is 25.7 Å². The van der Waals surface area contributed by atoms with Crippen LogP contribution in [0.4, 0.5) is 5.82 Å². The van der Waals surface area contributed by atoms with Gasteiger partial charge in [-0.25, -0.2) is 0 Å². The normalized spacial score (nSPS) is 15.3. The van der Waals surface area contributed by atoms with E-state index in [9.17, 15) is 5.26 Å². The van der Waals surface area contributed by atoms with Crippen LogP contribution in [0.5, 0.6) is 0 Å². The summed E-state index contributed by atoms with van der Waals surface area (Å²) in [6.07, 6.45) is 6.94. The summed E-state index contributed by atoms with van der Waals surface area (Å²) in [7, 11) is 2.04. The summed E-state index contributed by atoms with van der Waals surface area (Å²) in [5.41, 5.74) is 2.75. The van der Waals surface area contributed by atoms with E-state index in [1.807, 2.05) is 7.05 Å². The van der Waals surface area contributed by atoms with Crippen molar-refractivity contribution in [1.82, 2.24) is 10.2 Å². The second-order valence-corrected chi connectivity index (χ2v) is 5.67. The lowest BCUT2D eigenvalue weighted by Crippen LogP contribution is -2.27. The van der Waals surface area contributed by atoms with Gasteiger partial charge in [-0.15, -0.1) is 5.10 Å². The fourth-order valence-corrected chi connectivity index (χ4v) is 3.21. The molecule has 1 heterocycles. The summed E-state index contributed by atoms with van der Waals surface area (Å²) in [6, 6.07) is 2.35. The average molecular weight is 272 g/mol. The standard InChI is InChI=1S/C16H24N4/c1-4-13-14(10-17)16(19-18-15(13)5-2)20(3)11-12-8-6-7-9-12/h12H,4-9,11H2,1-3H3. The topological polar surface area (TPSA) is 52.8 Å². The Bertz CT molecular complexity index is 498. The van der Waals surface area contributed by atoms with Crippen LogP contribution in [0.2, 0.25) is 0 Å². The molecule has 0 aliphatic heterocycles. The van der Waals surface area contributed by atoms with E-state index in [0.717, 1.165) is 47.9 Å². The maximum atomic E-state index is 9.52. The lowest BCUT2D eigenvalue weighted by molar-refractivity contribution is 0.543. The third-order valence-corrected chi connectivity index (χ3v) is 4.31. The van der Waals surface area contributed by atoms with Gasteiger partial charge in [0.15, 0.2) is 5.82 Å². The molecule has 0 atom stereocenters. The van der Waals surface area contributed by atoms with Crippen LogP contribution in [0.1, 0.15) is 56.4 Å². The van der Waals surface area contributed by atoms with Crippen LogP contribution in [-0.2, 0) is 12.8 Å². The van der Waals surface area contributed by atoms with Gasteiger partial charge < -0.3 is 4.90 Å². The van der Waals surface area contributed by atoms with Gasteiger partial charge in [-0.1, -0.05) is 26.7 Å². The Morgan fingerprint density at radius 1 is 1.20 bits per heavy atom. The summed E-state index contributed by atoms with van der Waals surface area (Å²) in [5.74, 6) is 1.50. The van der Waals surface area contributed by atoms with Crippen molar-refractivity contribution in [3.8, 4) is 6.07 Å². The molecule has 1 aliphatic rings. The van der Waals surface area contributed by atoms with E-state index < -0.39 is 0 Å². The number of hydrogen-bond acceptors (Lipinski definition) is 4. The number of rotatable bonds is 5. The van der Waals surface area contributed by atoms with Crippen molar-refractivity contribution in [3.63, 3.8) is 0 Å². The number of nitrogens with zero attached hydrogens (tertiary/aromatic N) is 4. The number of aryl methyl sites for hydroxylation is 1. The van der Waals surface area contributed by atoms with Gasteiger partial charge in [0, 0.05) is 13.6 Å². The highest BCUT2D eigenvalue weighted by Crippen LogP contribution is 2.28. The van der Waals surface area contributed by atoms with Gasteiger partial charge in [-0.05, 0) is 37.2 Å². The van der Waals surface area contributed by atoms with Crippen LogP contribution in [0, 0.1) is 17.2 Å². The van der Waals surface area contributed by atoms with E-state index in [1.54, 1.807) is 0 Å². The molecular weight excluding hydrogens is 248 g/mol. The Morgan fingerprint density at radius 3 is 2.45 bits per heavy atom. The van der Waals surface area contributed by atoms with Crippen molar-refractivity contribution in [2.75, 3.05) is 18.5 Å². The minimum absolute atomic E-state index is 0.722. The number of hydrogen-bond donors (Lipinski definition) is 0. The zero-order valence-electron chi connectivity index (χ0n) is 12.8. The molecule has 0 spiro atoms. The van der Waals surface area contributed by atoms with Crippen LogP contribution in [0.15, 0.2) is 0 Å². The Morgan fingerprint density at radius 2 is 1.90 bits per heavy atom. The van der Waals surface area contributed by atoms with E-state index in [4.69, 9.17) is 0 Å². The number of anilines is 1. The lowest BCUT2D eigenvalue weighted by atomic mass is 10.0. The molecule has 1 fully saturated rings. The molecular formula is C16H24N4. The molecule has 1 aromatic heterocycles. The summed E-state index contributed by atoms with van der Waals surface area (Å²) in [6.45, 7) is 5.13. The van der Waals surface area contributed by atoms with Crippen molar-refractivity contribution < 1.29 is 0 Å². The highest BCUT2D eigenvalue weighted by Gasteiger charge is 2.21. The van der Waals surface area contributed by atoms with Crippen molar-refractivity contribution in [1.29, 1.82) is 5.26 Å².